The van der Waals surface area contributed by atoms with Crippen molar-refractivity contribution in [3.05, 3.63) is 59.0 Å². The van der Waals surface area contributed by atoms with Crippen LogP contribution in [0.1, 0.15) is 30.0 Å². The standard InChI is InChI=1S/C19H20BClN4O2/c20-15-11-22-25-17(21)10-16(23-18(15)25)14-6-8-24(9-7-14)19(26)27-12-13-4-2-1-3-5-13/h1-5,10-11,14H,6-9,12,20H2. The zero-order valence-corrected chi connectivity index (χ0v) is 15.9. The Kier molecular flexibility index (Phi) is 5.03. The molecule has 27 heavy (non-hydrogen) atoms. The van der Waals surface area contributed by atoms with E-state index in [1.807, 2.05) is 44.2 Å². The number of fused-ring (bicyclic) bond motifs is 1. The highest BCUT2D eigenvalue weighted by Gasteiger charge is 2.26. The molecule has 0 N–H and O–H groups in total. The van der Waals surface area contributed by atoms with E-state index < -0.39 is 0 Å². The summed E-state index contributed by atoms with van der Waals surface area (Å²) in [6.07, 6.45) is 3.19. The summed E-state index contributed by atoms with van der Waals surface area (Å²) in [4.78, 5) is 18.8. The average Bonchev–Trinajstić information content (AvgIpc) is 3.08. The van der Waals surface area contributed by atoms with Gasteiger partial charge in [-0.1, -0.05) is 41.9 Å². The molecule has 1 saturated heterocycles. The number of carbonyl (C=O) groups is 1. The van der Waals surface area contributed by atoms with Gasteiger partial charge in [0.1, 0.15) is 19.6 Å². The molecule has 1 aromatic carbocycles. The fourth-order valence-corrected chi connectivity index (χ4v) is 3.67. The smallest absolute Gasteiger partial charge is 0.410 e. The van der Waals surface area contributed by atoms with E-state index in [2.05, 4.69) is 5.10 Å². The number of nitrogens with zero attached hydrogens (tertiary/aromatic N) is 4. The first kappa shape index (κ1) is 17.9. The molecule has 0 radical (unpaired) electrons. The van der Waals surface area contributed by atoms with Gasteiger partial charge in [-0.05, 0) is 29.9 Å². The fourth-order valence-electron chi connectivity index (χ4n) is 3.43. The maximum Gasteiger partial charge on any atom is 0.410 e. The predicted octanol–water partition coefficient (Wildman–Crippen LogP) is 2.16. The van der Waals surface area contributed by atoms with Gasteiger partial charge in [0.25, 0.3) is 0 Å². The number of hydrogen-bond acceptors (Lipinski definition) is 4. The summed E-state index contributed by atoms with van der Waals surface area (Å²) in [7, 11) is 1.97. The highest BCUT2D eigenvalue weighted by Crippen LogP contribution is 2.29. The lowest BCUT2D eigenvalue weighted by Crippen LogP contribution is -2.38. The van der Waals surface area contributed by atoms with Crippen LogP contribution in [0.3, 0.4) is 0 Å². The minimum Gasteiger partial charge on any atom is -0.445 e. The van der Waals surface area contributed by atoms with Gasteiger partial charge < -0.3 is 9.64 Å². The van der Waals surface area contributed by atoms with Gasteiger partial charge in [0.15, 0.2) is 5.65 Å². The molecule has 8 heteroatoms. The van der Waals surface area contributed by atoms with E-state index in [0.29, 0.717) is 24.8 Å². The number of amides is 1. The van der Waals surface area contributed by atoms with Crippen molar-refractivity contribution in [3.8, 4) is 0 Å². The predicted molar refractivity (Wildman–Crippen MR) is 106 cm³/mol. The number of likely N-dealkylation sites (tertiary alicyclic amines) is 1. The molecule has 0 atom stereocenters. The Bertz CT molecular complexity index is 955. The van der Waals surface area contributed by atoms with Gasteiger partial charge in [-0.2, -0.15) is 5.10 Å². The monoisotopic (exact) mass is 382 g/mol. The quantitative estimate of drug-likeness (QED) is 0.514. The first-order valence-electron chi connectivity index (χ1n) is 9.08. The topological polar surface area (TPSA) is 59.7 Å². The van der Waals surface area contributed by atoms with Gasteiger partial charge in [0.2, 0.25) is 0 Å². The van der Waals surface area contributed by atoms with Crippen LogP contribution in [0.4, 0.5) is 4.79 Å². The molecule has 0 aliphatic carbocycles. The van der Waals surface area contributed by atoms with Crippen LogP contribution in [0.2, 0.25) is 5.15 Å². The molecular weight excluding hydrogens is 363 g/mol. The lowest BCUT2D eigenvalue weighted by atomic mass is 9.93. The van der Waals surface area contributed by atoms with Crippen molar-refractivity contribution < 1.29 is 9.53 Å². The van der Waals surface area contributed by atoms with Crippen LogP contribution in [0.5, 0.6) is 0 Å². The Balaban J connectivity index is 1.37. The molecule has 0 spiro atoms. The van der Waals surface area contributed by atoms with E-state index in [0.717, 1.165) is 35.2 Å². The van der Waals surface area contributed by atoms with E-state index in [9.17, 15) is 4.79 Å². The molecular formula is C19H20BClN4O2. The molecule has 6 nitrogen and oxygen atoms in total. The summed E-state index contributed by atoms with van der Waals surface area (Å²) >= 11 is 6.35. The summed E-state index contributed by atoms with van der Waals surface area (Å²) in [5, 5.41) is 4.80. The maximum atomic E-state index is 12.3. The van der Waals surface area contributed by atoms with Crippen molar-refractivity contribution in [1.82, 2.24) is 19.5 Å². The lowest BCUT2D eigenvalue weighted by molar-refractivity contribution is 0.0868. The summed E-state index contributed by atoms with van der Waals surface area (Å²) < 4.78 is 7.08. The lowest BCUT2D eigenvalue weighted by Gasteiger charge is -2.31. The van der Waals surface area contributed by atoms with Crippen LogP contribution in [0, 0.1) is 0 Å². The molecule has 1 aliphatic heterocycles. The van der Waals surface area contributed by atoms with Crippen LogP contribution in [0.15, 0.2) is 42.6 Å². The largest absolute Gasteiger partial charge is 0.445 e. The fraction of sp³-hybridized carbons (Fsp3) is 0.316. The van der Waals surface area contributed by atoms with E-state index in [-0.39, 0.29) is 12.0 Å². The van der Waals surface area contributed by atoms with Crippen LogP contribution in [-0.4, -0.2) is 46.5 Å². The molecule has 2 aromatic heterocycles. The first-order valence-corrected chi connectivity index (χ1v) is 9.46. The highest BCUT2D eigenvalue weighted by molar-refractivity contribution is 6.36. The minimum absolute atomic E-state index is 0.259. The minimum atomic E-state index is -0.259. The molecule has 1 aliphatic rings. The van der Waals surface area contributed by atoms with E-state index in [4.69, 9.17) is 21.3 Å². The van der Waals surface area contributed by atoms with E-state index in [1.165, 1.54) is 0 Å². The van der Waals surface area contributed by atoms with Crippen LogP contribution in [-0.2, 0) is 11.3 Å². The summed E-state index contributed by atoms with van der Waals surface area (Å²) in [6.45, 7) is 1.61. The van der Waals surface area contributed by atoms with Gasteiger partial charge in [0, 0.05) is 30.9 Å². The third-order valence-electron chi connectivity index (χ3n) is 5.00. The van der Waals surface area contributed by atoms with Gasteiger partial charge in [-0.15, -0.1) is 0 Å². The first-order chi connectivity index (χ1) is 13.1. The molecule has 1 amide bonds. The van der Waals surface area contributed by atoms with Crippen molar-refractivity contribution in [3.63, 3.8) is 0 Å². The van der Waals surface area contributed by atoms with Crippen LogP contribution in [0.25, 0.3) is 5.65 Å². The van der Waals surface area contributed by atoms with E-state index >= 15 is 0 Å². The third-order valence-corrected chi connectivity index (χ3v) is 5.27. The average molecular weight is 383 g/mol. The Hall–Kier alpha value is -2.54. The number of hydrogen-bond donors (Lipinski definition) is 0. The Morgan fingerprint density at radius 1 is 1.26 bits per heavy atom. The van der Waals surface area contributed by atoms with Gasteiger partial charge in [-0.25, -0.2) is 14.3 Å². The number of piperidine rings is 1. The van der Waals surface area contributed by atoms with Gasteiger partial charge >= 0.3 is 6.09 Å². The van der Waals surface area contributed by atoms with Crippen LogP contribution >= 0.6 is 11.6 Å². The van der Waals surface area contributed by atoms with E-state index in [1.54, 1.807) is 15.6 Å². The molecule has 0 saturated carbocycles. The van der Waals surface area contributed by atoms with Gasteiger partial charge in [-0.3, -0.25) is 0 Å². The SMILES string of the molecule is Bc1cnn2c(Cl)cc(C3CCN(C(=O)OCc4ccccc4)CC3)nc12. The second-order valence-corrected chi connectivity index (χ2v) is 7.26. The van der Waals surface area contributed by atoms with Gasteiger partial charge in [0.05, 0.1) is 0 Å². The molecule has 0 bridgehead atoms. The van der Waals surface area contributed by atoms with Crippen molar-refractivity contribution in [1.29, 1.82) is 0 Å². The molecule has 3 heterocycles. The number of benzene rings is 1. The Morgan fingerprint density at radius 2 is 2.00 bits per heavy atom. The Morgan fingerprint density at radius 3 is 2.74 bits per heavy atom. The normalized spacial score (nSPS) is 15.2. The Labute approximate surface area is 163 Å². The molecule has 4 rings (SSSR count). The summed E-state index contributed by atoms with van der Waals surface area (Å²) in [6, 6.07) is 11.6. The zero-order chi connectivity index (χ0) is 18.8. The number of rotatable bonds is 3. The maximum absolute atomic E-state index is 12.3. The number of aromatic nitrogens is 3. The van der Waals surface area contributed by atoms with Crippen molar-refractivity contribution in [2.24, 2.45) is 0 Å². The molecule has 3 aromatic rings. The zero-order valence-electron chi connectivity index (χ0n) is 15.1. The second-order valence-electron chi connectivity index (χ2n) is 6.87. The number of halogens is 1. The molecule has 138 valence electrons. The van der Waals surface area contributed by atoms with Crippen molar-refractivity contribution >= 4 is 36.7 Å². The third kappa shape index (κ3) is 3.78. The van der Waals surface area contributed by atoms with Crippen molar-refractivity contribution in [2.75, 3.05) is 13.1 Å². The second kappa shape index (κ2) is 7.60. The summed E-state index contributed by atoms with van der Waals surface area (Å²) in [5.74, 6) is 0.278. The number of carbonyl (C=O) groups excluding carboxylic acids is 1. The van der Waals surface area contributed by atoms with Crippen molar-refractivity contribution in [2.45, 2.75) is 25.4 Å². The number of ether oxygens (including phenoxy) is 1. The summed E-state index contributed by atoms with van der Waals surface area (Å²) in [5.41, 5.74) is 3.75. The van der Waals surface area contributed by atoms with Crippen LogP contribution < -0.4 is 5.46 Å². The molecule has 0 unspecified atom stereocenters. The highest BCUT2D eigenvalue weighted by atomic mass is 35.5. The molecule has 1 fully saturated rings.